The normalized spacial score (nSPS) is 18.7. The van der Waals surface area contributed by atoms with Crippen molar-refractivity contribution in [2.45, 2.75) is 38.1 Å². The van der Waals surface area contributed by atoms with Gasteiger partial charge in [0, 0.05) is 49.8 Å². The van der Waals surface area contributed by atoms with Gasteiger partial charge in [-0.2, -0.15) is 5.26 Å². The number of anilines is 1. The highest BCUT2D eigenvalue weighted by atomic mass is 19.1. The van der Waals surface area contributed by atoms with Gasteiger partial charge in [-0.1, -0.05) is 18.2 Å². The number of rotatable bonds is 6. The average Bonchev–Trinajstić information content (AvgIpc) is 3.62. The lowest BCUT2D eigenvalue weighted by atomic mass is 9.98. The van der Waals surface area contributed by atoms with Gasteiger partial charge in [0.2, 0.25) is 5.91 Å². The summed E-state index contributed by atoms with van der Waals surface area (Å²) in [6.07, 6.45) is 2.42. The number of amides is 1. The Morgan fingerprint density at radius 1 is 1.29 bits per heavy atom. The van der Waals surface area contributed by atoms with E-state index >= 15 is 0 Å². The van der Waals surface area contributed by atoms with Crippen LogP contribution in [0.25, 0.3) is 11.1 Å². The molecule has 2 heterocycles. The summed E-state index contributed by atoms with van der Waals surface area (Å²) in [6, 6.07) is 10.7. The molecule has 0 spiro atoms. The Morgan fingerprint density at radius 2 is 2.06 bits per heavy atom. The summed E-state index contributed by atoms with van der Waals surface area (Å²) in [5.41, 5.74) is 2.50. The van der Waals surface area contributed by atoms with E-state index in [-0.39, 0.29) is 17.8 Å². The van der Waals surface area contributed by atoms with E-state index in [4.69, 9.17) is 9.72 Å². The van der Waals surface area contributed by atoms with E-state index in [1.807, 2.05) is 11.8 Å². The van der Waals surface area contributed by atoms with Gasteiger partial charge in [0.15, 0.2) is 0 Å². The second-order valence-corrected chi connectivity index (χ2v) is 8.28. The van der Waals surface area contributed by atoms with E-state index in [0.29, 0.717) is 61.1 Å². The highest BCUT2D eigenvalue weighted by molar-refractivity contribution is 5.77. The van der Waals surface area contributed by atoms with Gasteiger partial charge in [-0.05, 0) is 31.9 Å². The molecule has 2 aromatic rings. The van der Waals surface area contributed by atoms with Crippen LogP contribution in [0.15, 0.2) is 30.3 Å². The molecule has 1 atom stereocenters. The van der Waals surface area contributed by atoms with Gasteiger partial charge < -0.3 is 14.5 Å². The van der Waals surface area contributed by atoms with Gasteiger partial charge in [-0.3, -0.25) is 4.79 Å². The van der Waals surface area contributed by atoms with E-state index in [2.05, 4.69) is 11.0 Å². The maximum Gasteiger partial charge on any atom is 0.225 e. The largest absolute Gasteiger partial charge is 0.384 e. The molecule has 1 saturated heterocycles. The number of hydrogen-bond donors (Lipinski definition) is 0. The Morgan fingerprint density at radius 3 is 2.71 bits per heavy atom. The second-order valence-electron chi connectivity index (χ2n) is 8.28. The van der Waals surface area contributed by atoms with Crippen LogP contribution in [0.4, 0.5) is 10.2 Å². The standard InChI is InChI=1S/C24H27FN4O2/c1-16-15-28(10-11-29(16)22(30)9-12-31-2)24-18(14-26)13-20(23(27-24)17-7-8-17)19-5-3-4-6-21(19)25/h3-6,13,16-17H,7-12,15H2,1-2H3. The van der Waals surface area contributed by atoms with Crippen molar-refractivity contribution in [3.8, 4) is 17.2 Å². The molecule has 0 N–H and O–H groups in total. The lowest BCUT2D eigenvalue weighted by Gasteiger charge is -2.41. The molecule has 1 saturated carbocycles. The van der Waals surface area contributed by atoms with Crippen molar-refractivity contribution in [1.82, 2.24) is 9.88 Å². The molecule has 1 amide bonds. The maximum atomic E-state index is 14.5. The van der Waals surface area contributed by atoms with Crippen LogP contribution in [0.5, 0.6) is 0 Å². The summed E-state index contributed by atoms with van der Waals surface area (Å²) in [5.74, 6) is 0.714. The molecule has 1 aliphatic carbocycles. The first-order chi connectivity index (χ1) is 15.0. The summed E-state index contributed by atoms with van der Waals surface area (Å²) in [6.45, 7) is 4.20. The van der Waals surface area contributed by atoms with E-state index in [1.54, 1.807) is 31.4 Å². The number of piperazine rings is 1. The topological polar surface area (TPSA) is 69.5 Å². The molecule has 2 fully saturated rings. The Labute approximate surface area is 182 Å². The third-order valence-electron chi connectivity index (χ3n) is 6.05. The number of carbonyl (C=O) groups is 1. The number of methoxy groups -OCH3 is 1. The van der Waals surface area contributed by atoms with Gasteiger partial charge in [-0.15, -0.1) is 0 Å². The maximum absolute atomic E-state index is 14.5. The van der Waals surface area contributed by atoms with Crippen LogP contribution in [0.2, 0.25) is 0 Å². The van der Waals surface area contributed by atoms with Gasteiger partial charge in [0.25, 0.3) is 0 Å². The Bertz CT molecular complexity index is 1020. The zero-order chi connectivity index (χ0) is 22.0. The molecule has 7 heteroatoms. The van der Waals surface area contributed by atoms with E-state index in [1.165, 1.54) is 6.07 Å². The Hall–Kier alpha value is -2.98. The van der Waals surface area contributed by atoms with Crippen LogP contribution in [0, 0.1) is 17.1 Å². The van der Waals surface area contributed by atoms with Gasteiger partial charge in [0.1, 0.15) is 17.7 Å². The lowest BCUT2D eigenvalue weighted by molar-refractivity contribution is -0.134. The average molecular weight is 423 g/mol. The summed E-state index contributed by atoms with van der Waals surface area (Å²) in [7, 11) is 1.59. The molecule has 1 unspecified atom stereocenters. The molecule has 4 rings (SSSR count). The molecule has 1 aliphatic heterocycles. The van der Waals surface area contributed by atoms with Crippen molar-refractivity contribution in [3.63, 3.8) is 0 Å². The van der Waals surface area contributed by atoms with Crippen molar-refractivity contribution < 1.29 is 13.9 Å². The van der Waals surface area contributed by atoms with Crippen LogP contribution in [-0.2, 0) is 9.53 Å². The van der Waals surface area contributed by atoms with E-state index in [9.17, 15) is 14.4 Å². The second kappa shape index (κ2) is 9.03. The van der Waals surface area contributed by atoms with Crippen molar-refractivity contribution in [2.24, 2.45) is 0 Å². The molecule has 0 radical (unpaired) electrons. The number of nitrogens with zero attached hydrogens (tertiary/aromatic N) is 4. The van der Waals surface area contributed by atoms with Crippen molar-refractivity contribution in [1.29, 1.82) is 5.26 Å². The third-order valence-corrected chi connectivity index (χ3v) is 6.05. The number of halogens is 1. The highest BCUT2D eigenvalue weighted by Gasteiger charge is 2.33. The Balaban J connectivity index is 1.64. The van der Waals surface area contributed by atoms with Crippen LogP contribution < -0.4 is 4.90 Å². The number of pyridine rings is 1. The summed E-state index contributed by atoms with van der Waals surface area (Å²) in [5, 5.41) is 9.85. The fraction of sp³-hybridized carbons (Fsp3) is 0.458. The van der Waals surface area contributed by atoms with E-state index in [0.717, 1.165) is 18.5 Å². The predicted octanol–water partition coefficient (Wildman–Crippen LogP) is 3.71. The summed E-state index contributed by atoms with van der Waals surface area (Å²) in [4.78, 5) is 21.3. The molecule has 162 valence electrons. The highest BCUT2D eigenvalue weighted by Crippen LogP contribution is 2.45. The zero-order valence-corrected chi connectivity index (χ0v) is 18.0. The van der Waals surface area contributed by atoms with Crippen molar-refractivity contribution in [2.75, 3.05) is 38.3 Å². The summed E-state index contributed by atoms with van der Waals surface area (Å²) >= 11 is 0. The molecule has 2 aliphatic rings. The monoisotopic (exact) mass is 422 g/mol. The number of benzene rings is 1. The van der Waals surface area contributed by atoms with E-state index < -0.39 is 0 Å². The first-order valence-electron chi connectivity index (χ1n) is 10.8. The molecule has 1 aromatic heterocycles. The smallest absolute Gasteiger partial charge is 0.225 e. The molecular formula is C24H27FN4O2. The number of aromatic nitrogens is 1. The number of hydrogen-bond acceptors (Lipinski definition) is 5. The zero-order valence-electron chi connectivity index (χ0n) is 18.0. The fourth-order valence-electron chi connectivity index (χ4n) is 4.26. The quantitative estimate of drug-likeness (QED) is 0.710. The van der Waals surface area contributed by atoms with Crippen molar-refractivity contribution >= 4 is 11.7 Å². The number of ether oxygens (including phenoxy) is 1. The minimum Gasteiger partial charge on any atom is -0.384 e. The molecule has 6 nitrogen and oxygen atoms in total. The van der Waals surface area contributed by atoms with Gasteiger partial charge in [-0.25, -0.2) is 9.37 Å². The molecule has 0 bridgehead atoms. The molecule has 31 heavy (non-hydrogen) atoms. The minimum atomic E-state index is -0.306. The van der Waals surface area contributed by atoms with Crippen LogP contribution in [0.1, 0.15) is 43.4 Å². The molecular weight excluding hydrogens is 395 g/mol. The summed E-state index contributed by atoms with van der Waals surface area (Å²) < 4.78 is 19.5. The SMILES string of the molecule is COCCC(=O)N1CCN(c2nc(C3CC3)c(-c3ccccc3F)cc2C#N)CC1C. The Kier molecular flexibility index (Phi) is 6.19. The minimum absolute atomic E-state index is 0.00192. The fourth-order valence-corrected chi connectivity index (χ4v) is 4.26. The first-order valence-corrected chi connectivity index (χ1v) is 10.8. The predicted molar refractivity (Wildman–Crippen MR) is 116 cm³/mol. The van der Waals surface area contributed by atoms with Gasteiger partial charge in [0.05, 0.1) is 24.3 Å². The third kappa shape index (κ3) is 4.40. The van der Waals surface area contributed by atoms with Crippen molar-refractivity contribution in [3.05, 3.63) is 47.4 Å². The van der Waals surface area contributed by atoms with Crippen LogP contribution in [0.3, 0.4) is 0 Å². The molecule has 1 aromatic carbocycles. The number of nitriles is 1. The number of carbonyl (C=O) groups excluding carboxylic acids is 1. The van der Waals surface area contributed by atoms with Crippen LogP contribution in [-0.4, -0.2) is 55.2 Å². The van der Waals surface area contributed by atoms with Crippen LogP contribution >= 0.6 is 0 Å². The van der Waals surface area contributed by atoms with Gasteiger partial charge >= 0.3 is 0 Å². The first kappa shape index (κ1) is 21.3. The lowest BCUT2D eigenvalue weighted by Crippen LogP contribution is -2.54.